The molecule has 1 amide bonds. The summed E-state index contributed by atoms with van der Waals surface area (Å²) in [5.74, 6) is 0.187. The molecule has 2 aromatic carbocycles. The number of amidine groups is 1. The van der Waals surface area contributed by atoms with Crippen LogP contribution in [0.2, 0.25) is 5.02 Å². The molecule has 1 fully saturated rings. The van der Waals surface area contributed by atoms with Gasteiger partial charge in [0, 0.05) is 6.54 Å². The Morgan fingerprint density at radius 2 is 2.06 bits per heavy atom. The number of hydrogen-bond donors (Lipinski definition) is 2. The predicted octanol–water partition coefficient (Wildman–Crippen LogP) is 3.55. The largest absolute Gasteiger partial charge is 0.489 e. The molecule has 0 bridgehead atoms. The number of carbonyl (C=O) groups is 1. The number of anilines is 1. The number of aliphatic imine (C=N–C) groups is 1. The number of halogens is 1. The van der Waals surface area contributed by atoms with Crippen LogP contribution in [-0.2, 0) is 9.53 Å². The van der Waals surface area contributed by atoms with Gasteiger partial charge in [0.2, 0.25) is 0 Å². The Labute approximate surface area is 186 Å². The normalized spacial score (nSPS) is 17.3. The summed E-state index contributed by atoms with van der Waals surface area (Å²) in [6.45, 7) is 3.98. The van der Waals surface area contributed by atoms with E-state index in [0.717, 1.165) is 17.7 Å². The lowest BCUT2D eigenvalue weighted by atomic mass is 10.1. The van der Waals surface area contributed by atoms with Gasteiger partial charge in [0.25, 0.3) is 0 Å². The molecular formula is C23H25ClN2O5. The number of aliphatic hydroxyl groups is 2. The maximum Gasteiger partial charge on any atom is 0.305 e. The maximum absolute atomic E-state index is 13.1. The van der Waals surface area contributed by atoms with Gasteiger partial charge in [-0.15, -0.1) is 0 Å². The molecule has 8 heteroatoms. The molecule has 1 aliphatic rings. The van der Waals surface area contributed by atoms with Crippen molar-refractivity contribution >= 4 is 35.3 Å². The zero-order valence-electron chi connectivity index (χ0n) is 17.4. The summed E-state index contributed by atoms with van der Waals surface area (Å²) < 4.78 is 11.2. The zero-order chi connectivity index (χ0) is 22.4. The van der Waals surface area contributed by atoms with Gasteiger partial charge >= 0.3 is 11.9 Å². The zero-order valence-corrected chi connectivity index (χ0v) is 18.2. The summed E-state index contributed by atoms with van der Waals surface area (Å²) >= 11 is 6.26. The minimum absolute atomic E-state index is 0.0824. The highest BCUT2D eigenvalue weighted by molar-refractivity contribution is 6.32. The Balaban J connectivity index is 1.88. The topological polar surface area (TPSA) is 91.6 Å². The molecule has 0 spiro atoms. The number of benzene rings is 2. The number of hydrogen-bond acceptors (Lipinski definition) is 6. The minimum atomic E-state index is -0.990. The van der Waals surface area contributed by atoms with Crippen LogP contribution in [0.1, 0.15) is 24.5 Å². The van der Waals surface area contributed by atoms with Crippen molar-refractivity contribution in [1.29, 1.82) is 0 Å². The highest BCUT2D eigenvalue weighted by Gasteiger charge is 2.36. The third-order valence-corrected chi connectivity index (χ3v) is 4.82. The molecule has 0 saturated carbocycles. The summed E-state index contributed by atoms with van der Waals surface area (Å²) in [5.41, 5.74) is 2.29. The smallest absolute Gasteiger partial charge is 0.305 e. The first-order valence-corrected chi connectivity index (χ1v) is 10.4. The van der Waals surface area contributed by atoms with Gasteiger partial charge in [-0.2, -0.15) is 0 Å². The lowest BCUT2D eigenvalue weighted by Crippen LogP contribution is -2.30. The van der Waals surface area contributed by atoms with E-state index in [9.17, 15) is 9.90 Å². The number of para-hydroxylation sites is 1. The minimum Gasteiger partial charge on any atom is -0.489 e. The first kappa shape index (κ1) is 22.8. The van der Waals surface area contributed by atoms with Crippen molar-refractivity contribution in [3.63, 3.8) is 0 Å². The van der Waals surface area contributed by atoms with E-state index in [4.69, 9.17) is 26.2 Å². The second kappa shape index (κ2) is 10.4. The van der Waals surface area contributed by atoms with Gasteiger partial charge < -0.3 is 19.7 Å². The fourth-order valence-corrected chi connectivity index (χ4v) is 3.17. The number of rotatable bonds is 8. The van der Waals surface area contributed by atoms with Crippen LogP contribution < -0.4 is 9.64 Å². The van der Waals surface area contributed by atoms with Crippen molar-refractivity contribution in [2.45, 2.75) is 26.4 Å². The summed E-state index contributed by atoms with van der Waals surface area (Å²) in [6, 6.07) is 12.8. The Bertz CT molecular complexity index is 1010. The van der Waals surface area contributed by atoms with Gasteiger partial charge in [0.15, 0.2) is 5.76 Å². The molecule has 1 heterocycles. The van der Waals surface area contributed by atoms with E-state index in [1.165, 1.54) is 4.90 Å². The van der Waals surface area contributed by atoms with Crippen molar-refractivity contribution in [2.24, 2.45) is 4.99 Å². The van der Waals surface area contributed by atoms with E-state index in [-0.39, 0.29) is 24.3 Å². The number of aryl methyl sites for hydroxylation is 1. The van der Waals surface area contributed by atoms with Crippen LogP contribution in [0.3, 0.4) is 0 Å². The predicted molar refractivity (Wildman–Crippen MR) is 120 cm³/mol. The van der Waals surface area contributed by atoms with Gasteiger partial charge in [-0.1, -0.05) is 42.8 Å². The maximum atomic E-state index is 13.1. The average molecular weight is 445 g/mol. The summed E-state index contributed by atoms with van der Waals surface area (Å²) in [5, 5.41) is 18.6. The van der Waals surface area contributed by atoms with Gasteiger partial charge in [0.1, 0.15) is 18.5 Å². The lowest BCUT2D eigenvalue weighted by Gasteiger charge is -2.15. The molecule has 2 aromatic rings. The monoisotopic (exact) mass is 444 g/mol. The Hall–Kier alpha value is -2.87. The molecule has 0 aromatic heterocycles. The molecular weight excluding hydrogens is 420 g/mol. The number of amides is 1. The molecule has 7 nitrogen and oxygen atoms in total. The van der Waals surface area contributed by atoms with E-state index in [1.54, 1.807) is 24.3 Å². The van der Waals surface area contributed by atoms with E-state index >= 15 is 0 Å². The van der Waals surface area contributed by atoms with Crippen LogP contribution in [0.15, 0.2) is 53.2 Å². The molecule has 1 aliphatic heterocycles. The van der Waals surface area contributed by atoms with E-state index in [2.05, 4.69) is 4.99 Å². The Morgan fingerprint density at radius 1 is 1.29 bits per heavy atom. The SMILES string of the molecule is CCC/N=C1/O/C(=C\c2ccc(OC[C@@H](O)CO)c(Cl)c2)C(=O)N1c1ccccc1C. The summed E-state index contributed by atoms with van der Waals surface area (Å²) in [7, 11) is 0. The van der Waals surface area contributed by atoms with Gasteiger partial charge in [0.05, 0.1) is 17.3 Å². The van der Waals surface area contributed by atoms with Crippen molar-refractivity contribution < 1.29 is 24.5 Å². The number of carbonyl (C=O) groups excluding carboxylic acids is 1. The number of aliphatic hydroxyl groups excluding tert-OH is 2. The Kier molecular flexibility index (Phi) is 7.68. The first-order chi connectivity index (χ1) is 14.9. The molecule has 31 heavy (non-hydrogen) atoms. The fourth-order valence-electron chi connectivity index (χ4n) is 2.93. The molecule has 1 atom stereocenters. The fraction of sp³-hybridized carbons (Fsp3) is 0.304. The molecule has 0 radical (unpaired) electrons. The van der Waals surface area contributed by atoms with Crippen molar-refractivity contribution in [1.82, 2.24) is 0 Å². The van der Waals surface area contributed by atoms with Crippen LogP contribution in [0.25, 0.3) is 6.08 Å². The molecule has 2 N–H and O–H groups in total. The molecule has 1 saturated heterocycles. The van der Waals surface area contributed by atoms with Crippen molar-refractivity contribution in [3.8, 4) is 5.75 Å². The lowest BCUT2D eigenvalue weighted by molar-refractivity contribution is -0.114. The highest BCUT2D eigenvalue weighted by atomic mass is 35.5. The van der Waals surface area contributed by atoms with Gasteiger partial charge in [-0.25, -0.2) is 9.89 Å². The van der Waals surface area contributed by atoms with Crippen molar-refractivity contribution in [3.05, 3.63) is 64.4 Å². The standard InChI is InChI=1S/C23H25ClN2O5/c1-3-10-25-23-26(19-7-5-4-6-15(19)2)22(29)21(31-23)12-16-8-9-20(18(24)11-16)30-14-17(28)13-27/h4-9,11-12,17,27-28H,3,10,13-14H2,1-2H3/b21-12-,25-23+/t17-/m0/s1. The van der Waals surface area contributed by atoms with Crippen LogP contribution in [0.4, 0.5) is 5.69 Å². The van der Waals surface area contributed by atoms with Crippen LogP contribution in [-0.4, -0.2) is 48.0 Å². The van der Waals surface area contributed by atoms with Crippen LogP contribution >= 0.6 is 11.6 Å². The van der Waals surface area contributed by atoms with E-state index in [0.29, 0.717) is 22.9 Å². The second-order valence-electron chi connectivity index (χ2n) is 7.04. The summed E-state index contributed by atoms with van der Waals surface area (Å²) in [6.07, 6.45) is 1.43. The first-order valence-electron chi connectivity index (χ1n) is 10.00. The molecule has 3 rings (SSSR count). The molecule has 0 aliphatic carbocycles. The molecule has 164 valence electrons. The number of nitrogens with zero attached hydrogens (tertiary/aromatic N) is 2. The Morgan fingerprint density at radius 3 is 2.74 bits per heavy atom. The van der Waals surface area contributed by atoms with Crippen LogP contribution in [0.5, 0.6) is 5.75 Å². The van der Waals surface area contributed by atoms with Crippen molar-refractivity contribution in [2.75, 3.05) is 24.7 Å². The van der Waals surface area contributed by atoms with Crippen LogP contribution in [0, 0.1) is 6.92 Å². The second-order valence-corrected chi connectivity index (χ2v) is 7.45. The molecule has 0 unspecified atom stereocenters. The number of ether oxygens (including phenoxy) is 2. The quantitative estimate of drug-likeness (QED) is 0.607. The highest BCUT2D eigenvalue weighted by Crippen LogP contribution is 2.31. The van der Waals surface area contributed by atoms with E-state index < -0.39 is 12.7 Å². The average Bonchev–Trinajstić information content (AvgIpc) is 3.06. The third-order valence-electron chi connectivity index (χ3n) is 4.53. The third kappa shape index (κ3) is 5.44. The summed E-state index contributed by atoms with van der Waals surface area (Å²) in [4.78, 5) is 19.1. The van der Waals surface area contributed by atoms with E-state index in [1.807, 2.05) is 38.1 Å². The van der Waals surface area contributed by atoms with Gasteiger partial charge in [-0.05, 0) is 48.7 Å². The van der Waals surface area contributed by atoms with Gasteiger partial charge in [-0.3, -0.25) is 4.79 Å².